The molecule has 42 heavy (non-hydrogen) atoms. The molecule has 0 saturated carbocycles. The Morgan fingerprint density at radius 1 is 0.619 bits per heavy atom. The van der Waals surface area contributed by atoms with Crippen LogP contribution in [0.3, 0.4) is 0 Å². The van der Waals surface area contributed by atoms with Gasteiger partial charge in [0, 0.05) is 28.7 Å². The molecule has 7 heteroatoms. The largest absolute Gasteiger partial charge is 0.294 e. The van der Waals surface area contributed by atoms with Crippen LogP contribution in [0, 0.1) is 6.92 Å². The summed E-state index contributed by atoms with van der Waals surface area (Å²) in [7, 11) is 0. The maximum absolute atomic E-state index is 5.19. The smallest absolute Gasteiger partial charge is 0.222 e. The highest BCUT2D eigenvalue weighted by atomic mass is 15.2. The van der Waals surface area contributed by atoms with Gasteiger partial charge in [-0.05, 0) is 61.0 Å². The minimum atomic E-state index is 0.801. The van der Waals surface area contributed by atoms with E-state index in [-0.39, 0.29) is 0 Å². The molecular formula is C35H23N7. The fourth-order valence-corrected chi connectivity index (χ4v) is 6.20. The van der Waals surface area contributed by atoms with E-state index >= 15 is 0 Å². The van der Waals surface area contributed by atoms with Crippen molar-refractivity contribution in [1.29, 1.82) is 0 Å². The highest BCUT2D eigenvalue weighted by molar-refractivity contribution is 6.09. The van der Waals surface area contributed by atoms with Gasteiger partial charge in [-0.15, -0.1) is 0 Å². The van der Waals surface area contributed by atoms with Gasteiger partial charge in [-0.3, -0.25) is 18.5 Å². The van der Waals surface area contributed by atoms with Crippen molar-refractivity contribution in [2.45, 2.75) is 6.92 Å². The van der Waals surface area contributed by atoms with Crippen LogP contribution in [-0.4, -0.2) is 33.5 Å². The summed E-state index contributed by atoms with van der Waals surface area (Å²) in [5, 5.41) is 2.44. The zero-order valence-electron chi connectivity index (χ0n) is 22.7. The summed E-state index contributed by atoms with van der Waals surface area (Å²) in [5.74, 6) is 1.68. The lowest BCUT2D eigenvalue weighted by molar-refractivity contribution is 1.07. The van der Waals surface area contributed by atoms with Crippen molar-refractivity contribution in [3.05, 3.63) is 127 Å². The molecule has 3 aromatic carbocycles. The summed E-state index contributed by atoms with van der Waals surface area (Å²) in [4.78, 5) is 19.4. The van der Waals surface area contributed by atoms with E-state index in [1.807, 2.05) is 18.5 Å². The van der Waals surface area contributed by atoms with Crippen LogP contribution < -0.4 is 0 Å². The van der Waals surface area contributed by atoms with Gasteiger partial charge >= 0.3 is 0 Å². The first-order valence-corrected chi connectivity index (χ1v) is 13.9. The molecule has 0 fully saturated rings. The fourth-order valence-electron chi connectivity index (χ4n) is 6.20. The molecular weight excluding hydrogens is 518 g/mol. The Bertz CT molecular complexity index is 2440. The van der Waals surface area contributed by atoms with Crippen LogP contribution in [0.1, 0.15) is 5.56 Å². The zero-order chi connectivity index (χ0) is 27.8. The van der Waals surface area contributed by atoms with Gasteiger partial charge in [0.1, 0.15) is 5.82 Å². The molecule has 0 bridgehead atoms. The van der Waals surface area contributed by atoms with Crippen LogP contribution >= 0.6 is 0 Å². The van der Waals surface area contributed by atoms with E-state index < -0.39 is 0 Å². The number of aromatic nitrogens is 7. The monoisotopic (exact) mass is 541 g/mol. The molecule has 0 atom stereocenters. The lowest BCUT2D eigenvalue weighted by Crippen LogP contribution is -1.99. The van der Waals surface area contributed by atoms with Crippen molar-refractivity contribution in [1.82, 2.24) is 33.5 Å². The lowest BCUT2D eigenvalue weighted by Gasteiger charge is -2.11. The number of pyridine rings is 3. The van der Waals surface area contributed by atoms with Gasteiger partial charge < -0.3 is 0 Å². The van der Waals surface area contributed by atoms with E-state index in [2.05, 4.69) is 123 Å². The number of nitrogens with zero attached hydrogens (tertiary/aromatic N) is 7. The summed E-state index contributed by atoms with van der Waals surface area (Å²) < 4.78 is 6.51. The molecule has 0 amide bonds. The van der Waals surface area contributed by atoms with Crippen LogP contribution in [0.25, 0.3) is 72.5 Å². The zero-order valence-corrected chi connectivity index (χ0v) is 22.7. The Balaban J connectivity index is 1.25. The maximum Gasteiger partial charge on any atom is 0.222 e. The average Bonchev–Trinajstić information content (AvgIpc) is 3.68. The molecule has 0 aliphatic carbocycles. The number of fused-ring (bicyclic) bond motifs is 8. The second-order valence-electron chi connectivity index (χ2n) is 10.6. The third-order valence-electron chi connectivity index (χ3n) is 8.02. The first kappa shape index (κ1) is 22.9. The van der Waals surface area contributed by atoms with E-state index in [9.17, 15) is 0 Å². The number of hydrogen-bond donors (Lipinski definition) is 0. The van der Waals surface area contributed by atoms with E-state index in [1.54, 1.807) is 6.20 Å². The van der Waals surface area contributed by atoms with Crippen molar-refractivity contribution in [2.24, 2.45) is 0 Å². The molecule has 0 radical (unpaired) electrons. The van der Waals surface area contributed by atoms with Crippen molar-refractivity contribution >= 4 is 49.8 Å². The predicted molar refractivity (Wildman–Crippen MR) is 167 cm³/mol. The van der Waals surface area contributed by atoms with Crippen LogP contribution in [0.5, 0.6) is 0 Å². The topological polar surface area (TPSA) is 65.8 Å². The first-order chi connectivity index (χ1) is 20.7. The maximum atomic E-state index is 5.19. The summed E-state index contributed by atoms with van der Waals surface area (Å²) in [6.45, 7) is 2.06. The molecule has 0 N–H and O–H groups in total. The second kappa shape index (κ2) is 8.59. The molecule has 9 rings (SSSR count). The third kappa shape index (κ3) is 3.22. The number of aryl methyl sites for hydroxylation is 1. The highest BCUT2D eigenvalue weighted by Crippen LogP contribution is 2.33. The summed E-state index contributed by atoms with van der Waals surface area (Å²) in [5.41, 5.74) is 9.94. The molecule has 7 nitrogen and oxygen atoms in total. The highest BCUT2D eigenvalue weighted by Gasteiger charge is 2.19. The first-order valence-electron chi connectivity index (χ1n) is 13.9. The van der Waals surface area contributed by atoms with Gasteiger partial charge in [0.25, 0.3) is 0 Å². The Morgan fingerprint density at radius 3 is 2.24 bits per heavy atom. The number of para-hydroxylation sites is 2. The van der Waals surface area contributed by atoms with Crippen molar-refractivity contribution in [3.63, 3.8) is 0 Å². The van der Waals surface area contributed by atoms with Gasteiger partial charge in [-0.2, -0.15) is 0 Å². The van der Waals surface area contributed by atoms with Crippen molar-refractivity contribution in [3.8, 4) is 22.8 Å². The Kier molecular flexibility index (Phi) is 4.69. The number of imidazole rings is 2. The van der Waals surface area contributed by atoms with Gasteiger partial charge in [0.15, 0.2) is 5.65 Å². The van der Waals surface area contributed by atoms with Crippen LogP contribution in [0.2, 0.25) is 0 Å². The number of benzene rings is 3. The van der Waals surface area contributed by atoms with E-state index in [0.717, 1.165) is 67.3 Å². The SMILES string of the molecule is Cc1cnc2c(c1)n1c3cnccc3nc1n2-c1cccc(-c2cccc(-n3c4ccccc4c4ccccc43)n2)c1. The van der Waals surface area contributed by atoms with E-state index in [0.29, 0.717) is 0 Å². The second-order valence-corrected chi connectivity index (χ2v) is 10.6. The van der Waals surface area contributed by atoms with Gasteiger partial charge in [-0.1, -0.05) is 54.6 Å². The minimum Gasteiger partial charge on any atom is -0.294 e. The molecule has 6 heterocycles. The molecule has 6 aromatic heterocycles. The summed E-state index contributed by atoms with van der Waals surface area (Å²) >= 11 is 0. The van der Waals surface area contributed by atoms with Crippen LogP contribution in [0.15, 0.2) is 122 Å². The average molecular weight is 542 g/mol. The van der Waals surface area contributed by atoms with Crippen molar-refractivity contribution in [2.75, 3.05) is 0 Å². The van der Waals surface area contributed by atoms with E-state index in [4.69, 9.17) is 15.0 Å². The fraction of sp³-hybridized carbons (Fsp3) is 0.0286. The predicted octanol–water partition coefficient (Wildman–Crippen LogP) is 7.69. The molecule has 198 valence electrons. The standard InChI is InChI=1S/C35H23N7/c1-22-18-31-34(37-20-22)40(35-39-28-16-17-36-21-32(28)42(31)35)24-9-6-8-23(19-24)27-12-7-15-33(38-27)41-29-13-4-2-10-25(29)26-11-3-5-14-30(26)41/h2-21H,1H3. The van der Waals surface area contributed by atoms with Gasteiger partial charge in [-0.25, -0.2) is 15.0 Å². The summed E-state index contributed by atoms with van der Waals surface area (Å²) in [6, 6.07) is 35.8. The molecule has 9 aromatic rings. The molecule has 0 aliphatic rings. The molecule has 0 unspecified atom stereocenters. The normalized spacial score (nSPS) is 11.9. The summed E-state index contributed by atoms with van der Waals surface area (Å²) in [6.07, 6.45) is 5.54. The number of rotatable bonds is 3. The third-order valence-corrected chi connectivity index (χ3v) is 8.02. The molecule has 0 aliphatic heterocycles. The molecule has 0 spiro atoms. The Hall–Kier alpha value is -5.82. The molecule has 0 saturated heterocycles. The van der Waals surface area contributed by atoms with Gasteiger partial charge in [0.2, 0.25) is 5.78 Å². The Morgan fingerprint density at radius 2 is 1.40 bits per heavy atom. The lowest BCUT2D eigenvalue weighted by atomic mass is 10.1. The van der Waals surface area contributed by atoms with Gasteiger partial charge in [0.05, 0.1) is 45.2 Å². The minimum absolute atomic E-state index is 0.801. The quantitative estimate of drug-likeness (QED) is 0.230. The van der Waals surface area contributed by atoms with Crippen LogP contribution in [0.4, 0.5) is 0 Å². The van der Waals surface area contributed by atoms with Crippen LogP contribution in [-0.2, 0) is 0 Å². The van der Waals surface area contributed by atoms with E-state index in [1.165, 1.54) is 10.8 Å². The van der Waals surface area contributed by atoms with Crippen molar-refractivity contribution < 1.29 is 0 Å². The Labute approximate surface area is 240 Å². The number of hydrogen-bond acceptors (Lipinski definition) is 4.